The summed E-state index contributed by atoms with van der Waals surface area (Å²) in [5, 5.41) is 0. The Morgan fingerprint density at radius 1 is 1.33 bits per heavy atom. The van der Waals surface area contributed by atoms with Gasteiger partial charge in [-0.1, -0.05) is 11.6 Å². The maximum absolute atomic E-state index is 10.8. The molecule has 0 N–H and O–H groups in total. The van der Waals surface area contributed by atoms with Crippen LogP contribution in [0, 0.1) is 14.4 Å². The fraction of sp³-hybridized carbons (Fsp3) is 0.100. The number of ketones is 1. The molecule has 0 atom stereocenters. The first-order valence-corrected chi connectivity index (χ1v) is 3.14. The van der Waals surface area contributed by atoms with E-state index in [-0.39, 0.29) is 32.1 Å². The van der Waals surface area contributed by atoms with E-state index in [0.29, 0.717) is 5.56 Å². The minimum absolute atomic E-state index is 0. The topological polar surface area (TPSA) is 17.1 Å². The Bertz CT molecular complexity index is 256. The molecule has 1 nitrogen and oxygen atoms in total. The standard InChI is InChI=1S/C9H9O.CH3.Li/c1-7-5-3-4-6-9(7)8(2)10;;/h3-6H,1H2,2H3;1H3;/q2*-1;+1. The maximum atomic E-state index is 10.8. The zero-order valence-corrected chi connectivity index (χ0v) is 7.92. The van der Waals surface area contributed by atoms with Gasteiger partial charge in [-0.05, 0) is 6.92 Å². The predicted molar refractivity (Wildman–Crippen MR) is 47.3 cm³/mol. The van der Waals surface area contributed by atoms with E-state index in [0.717, 1.165) is 5.56 Å². The van der Waals surface area contributed by atoms with Gasteiger partial charge in [0.25, 0.3) is 0 Å². The Kier molecular flexibility index (Phi) is 6.89. The average molecular weight is 155 g/mol. The first kappa shape index (κ1) is 13.9. The van der Waals surface area contributed by atoms with Gasteiger partial charge in [-0.15, -0.1) is 12.1 Å². The van der Waals surface area contributed by atoms with Gasteiger partial charge < -0.3 is 12.2 Å². The molecule has 0 saturated carbocycles. The van der Waals surface area contributed by atoms with E-state index in [1.807, 2.05) is 18.2 Å². The molecule has 1 rings (SSSR count). The summed E-state index contributed by atoms with van der Waals surface area (Å²) >= 11 is 0. The first-order chi connectivity index (χ1) is 4.72. The van der Waals surface area contributed by atoms with Gasteiger partial charge in [-0.25, -0.2) is 0 Å². The molecule has 0 heterocycles. The molecule has 0 saturated heterocycles. The number of benzene rings is 1. The molecule has 0 fully saturated rings. The molecule has 0 spiro atoms. The molecule has 12 heavy (non-hydrogen) atoms. The van der Waals surface area contributed by atoms with Gasteiger partial charge in [-0.3, -0.25) is 0 Å². The Morgan fingerprint density at radius 3 is 2.17 bits per heavy atom. The average Bonchev–Trinajstić information content (AvgIpc) is 1.88. The summed E-state index contributed by atoms with van der Waals surface area (Å²) in [6.07, 6.45) is 0. The minimum atomic E-state index is 0. The van der Waals surface area contributed by atoms with Crippen molar-refractivity contribution >= 4 is 5.78 Å². The van der Waals surface area contributed by atoms with Crippen LogP contribution in [0.4, 0.5) is 0 Å². The summed E-state index contributed by atoms with van der Waals surface area (Å²) < 4.78 is 0. The zero-order chi connectivity index (χ0) is 7.56. The smallest absolute Gasteiger partial charge is 0.358 e. The number of rotatable bonds is 1. The molecule has 0 unspecified atom stereocenters. The van der Waals surface area contributed by atoms with Crippen LogP contribution in [0.1, 0.15) is 22.8 Å². The molecule has 1 aromatic rings. The molecule has 0 aliphatic heterocycles. The third-order valence-corrected chi connectivity index (χ3v) is 1.40. The second kappa shape index (κ2) is 5.94. The minimum Gasteiger partial charge on any atom is -0.358 e. The van der Waals surface area contributed by atoms with E-state index in [1.165, 1.54) is 0 Å². The fourth-order valence-electron chi connectivity index (χ4n) is 0.864. The van der Waals surface area contributed by atoms with Crippen LogP contribution in [0.3, 0.4) is 0 Å². The molecular formula is C10H12LiO-. The van der Waals surface area contributed by atoms with Crippen LogP contribution < -0.4 is 18.9 Å². The van der Waals surface area contributed by atoms with E-state index in [4.69, 9.17) is 0 Å². The molecule has 1 aromatic carbocycles. The van der Waals surface area contributed by atoms with E-state index >= 15 is 0 Å². The molecule has 0 aromatic heterocycles. The van der Waals surface area contributed by atoms with Crippen LogP contribution in [-0.2, 0) is 0 Å². The van der Waals surface area contributed by atoms with Crippen molar-refractivity contribution in [1.82, 2.24) is 0 Å². The normalized spacial score (nSPS) is 7.75. The molecule has 2 heteroatoms. The van der Waals surface area contributed by atoms with Crippen LogP contribution in [0.5, 0.6) is 0 Å². The predicted octanol–water partition coefficient (Wildman–Crippen LogP) is -0.474. The van der Waals surface area contributed by atoms with Crippen LogP contribution in [0.15, 0.2) is 24.3 Å². The third-order valence-electron chi connectivity index (χ3n) is 1.40. The molecule has 0 aliphatic carbocycles. The summed E-state index contributed by atoms with van der Waals surface area (Å²) in [6.45, 7) is 5.27. The molecule has 0 aliphatic rings. The van der Waals surface area contributed by atoms with Crippen molar-refractivity contribution in [1.29, 1.82) is 0 Å². The van der Waals surface area contributed by atoms with Crippen LogP contribution >= 0.6 is 0 Å². The number of Topliss-reactive ketones (excluding diaryl/α,β-unsaturated/α-hetero) is 1. The van der Waals surface area contributed by atoms with Gasteiger partial charge >= 0.3 is 18.9 Å². The molecule has 0 amide bonds. The summed E-state index contributed by atoms with van der Waals surface area (Å²) in [7, 11) is 0. The van der Waals surface area contributed by atoms with E-state index in [1.54, 1.807) is 13.0 Å². The van der Waals surface area contributed by atoms with Crippen molar-refractivity contribution in [3.63, 3.8) is 0 Å². The molecular weight excluding hydrogens is 143 g/mol. The van der Waals surface area contributed by atoms with Gasteiger partial charge in [0.1, 0.15) is 5.78 Å². The van der Waals surface area contributed by atoms with E-state index < -0.39 is 0 Å². The van der Waals surface area contributed by atoms with Gasteiger partial charge in [0.05, 0.1) is 0 Å². The van der Waals surface area contributed by atoms with Crippen molar-refractivity contribution in [2.45, 2.75) is 6.92 Å². The number of hydrogen-bond acceptors (Lipinski definition) is 1. The third kappa shape index (κ3) is 3.17. The van der Waals surface area contributed by atoms with Crippen molar-refractivity contribution in [3.8, 4) is 0 Å². The monoisotopic (exact) mass is 155 g/mol. The molecule has 60 valence electrons. The largest absolute Gasteiger partial charge is 1.00 e. The Labute approximate surface area is 86.4 Å². The summed E-state index contributed by atoms with van der Waals surface area (Å²) in [5.41, 5.74) is 1.51. The first-order valence-electron chi connectivity index (χ1n) is 3.14. The number of carbonyl (C=O) groups excluding carboxylic acids is 1. The Balaban J connectivity index is 0. The van der Waals surface area contributed by atoms with Crippen molar-refractivity contribution in [3.05, 3.63) is 49.7 Å². The summed E-state index contributed by atoms with van der Waals surface area (Å²) in [5.74, 6) is 0.0746. The van der Waals surface area contributed by atoms with Crippen molar-refractivity contribution in [2.75, 3.05) is 0 Å². The van der Waals surface area contributed by atoms with E-state index in [2.05, 4.69) is 6.92 Å². The van der Waals surface area contributed by atoms with Crippen LogP contribution in [0.2, 0.25) is 0 Å². The molecule has 0 bridgehead atoms. The van der Waals surface area contributed by atoms with Gasteiger partial charge in [0.15, 0.2) is 0 Å². The summed E-state index contributed by atoms with van der Waals surface area (Å²) in [6, 6.07) is 7.32. The van der Waals surface area contributed by atoms with Gasteiger partial charge in [-0.2, -0.15) is 18.6 Å². The Morgan fingerprint density at radius 2 is 1.83 bits per heavy atom. The van der Waals surface area contributed by atoms with Crippen molar-refractivity contribution in [2.24, 2.45) is 0 Å². The number of carbonyl (C=O) groups is 1. The second-order valence-electron chi connectivity index (χ2n) is 2.21. The second-order valence-corrected chi connectivity index (χ2v) is 2.21. The van der Waals surface area contributed by atoms with E-state index in [9.17, 15) is 4.79 Å². The number of hydrogen-bond donors (Lipinski definition) is 0. The Hall–Kier alpha value is -0.643. The van der Waals surface area contributed by atoms with Crippen LogP contribution in [-0.4, -0.2) is 5.78 Å². The molecule has 0 radical (unpaired) electrons. The van der Waals surface area contributed by atoms with Crippen molar-refractivity contribution < 1.29 is 23.7 Å². The van der Waals surface area contributed by atoms with Gasteiger partial charge in [0.2, 0.25) is 0 Å². The van der Waals surface area contributed by atoms with Crippen LogP contribution in [0.25, 0.3) is 0 Å². The summed E-state index contributed by atoms with van der Waals surface area (Å²) in [4.78, 5) is 10.8. The fourth-order valence-corrected chi connectivity index (χ4v) is 0.864. The van der Waals surface area contributed by atoms with Gasteiger partial charge in [0, 0.05) is 0 Å². The maximum Gasteiger partial charge on any atom is 1.00 e. The quantitative estimate of drug-likeness (QED) is 0.304. The zero-order valence-electron chi connectivity index (χ0n) is 7.92. The SMILES string of the molecule is [CH2-]c1ccccc1C(C)=O.[CH3-].[Li+].